The molecule has 0 aromatic heterocycles. The van der Waals surface area contributed by atoms with Crippen LogP contribution >= 0.6 is 0 Å². The molecule has 0 spiro atoms. The zero-order chi connectivity index (χ0) is 4.91. The van der Waals surface area contributed by atoms with Crippen molar-refractivity contribution in [2.75, 3.05) is 0 Å². The largest absolute Gasteiger partial charge is 0.294 e. The van der Waals surface area contributed by atoms with Crippen LogP contribution in [0.5, 0.6) is 0 Å². The van der Waals surface area contributed by atoms with Crippen LogP contribution in [0.4, 0.5) is 0 Å². The fourth-order valence-electron chi connectivity index (χ4n) is 0.716. The molecule has 0 radical (unpaired) electrons. The van der Waals surface area contributed by atoms with E-state index < -0.39 is 5.97 Å². The van der Waals surface area contributed by atoms with Gasteiger partial charge in [0.15, 0.2) is 0 Å². The number of hydrogen-bond acceptors (Lipinski definition) is 3. The maximum atomic E-state index is 4.92. The van der Waals surface area contributed by atoms with Crippen molar-refractivity contribution < 1.29 is 14.2 Å². The van der Waals surface area contributed by atoms with E-state index >= 15 is 0 Å². The Hall–Kier alpha value is -0.120. The Morgan fingerprint density at radius 3 is 2.00 bits per heavy atom. The first-order valence-electron chi connectivity index (χ1n) is 2.38. The summed E-state index contributed by atoms with van der Waals surface area (Å²) in [6.45, 7) is 1.63. The summed E-state index contributed by atoms with van der Waals surface area (Å²) in [4.78, 5) is 0. The van der Waals surface area contributed by atoms with Gasteiger partial charge in [0.1, 0.15) is 0 Å². The number of hydrogen-bond donors (Lipinski definition) is 0. The maximum absolute atomic E-state index is 4.92. The van der Waals surface area contributed by atoms with Gasteiger partial charge in [-0.1, -0.05) is 6.92 Å². The molecule has 7 heavy (non-hydrogen) atoms. The summed E-state index contributed by atoms with van der Waals surface area (Å²) in [6.07, 6.45) is 0.781. The van der Waals surface area contributed by atoms with E-state index in [9.17, 15) is 0 Å². The van der Waals surface area contributed by atoms with E-state index in [1.54, 1.807) is 0 Å². The average molecular weight is 102 g/mol. The van der Waals surface area contributed by atoms with E-state index in [2.05, 4.69) is 0 Å². The van der Waals surface area contributed by atoms with Crippen LogP contribution in [0.15, 0.2) is 0 Å². The molecule has 40 valence electrons. The molecule has 2 bridgehead atoms. The molecular formula is C4H6O3. The first-order valence-corrected chi connectivity index (χ1v) is 2.38. The second kappa shape index (κ2) is 0.844. The van der Waals surface area contributed by atoms with Crippen LogP contribution in [0.25, 0.3) is 0 Å². The second-order valence-corrected chi connectivity index (χ2v) is 1.68. The molecule has 0 unspecified atom stereocenters. The van der Waals surface area contributed by atoms with Gasteiger partial charge < -0.3 is 0 Å². The van der Waals surface area contributed by atoms with Crippen LogP contribution in [0, 0.1) is 0 Å². The topological polar surface area (TPSA) is 27.7 Å². The van der Waals surface area contributed by atoms with Gasteiger partial charge in [0.2, 0.25) is 0 Å². The third kappa shape index (κ3) is 0.277. The fraction of sp³-hybridized carbons (Fsp3) is 1.00. The van der Waals surface area contributed by atoms with Gasteiger partial charge in [-0.2, -0.15) is 0 Å². The molecule has 0 aromatic carbocycles. The summed E-state index contributed by atoms with van der Waals surface area (Å²) in [6, 6.07) is 0. The van der Waals surface area contributed by atoms with Crippen molar-refractivity contribution in [1.29, 1.82) is 0 Å². The third-order valence-electron chi connectivity index (χ3n) is 1.26. The van der Waals surface area contributed by atoms with Gasteiger partial charge >= 0.3 is 0 Å². The van der Waals surface area contributed by atoms with Crippen molar-refractivity contribution in [2.24, 2.45) is 0 Å². The maximum Gasteiger partial charge on any atom is 0.294 e. The van der Waals surface area contributed by atoms with Crippen LogP contribution in [0.2, 0.25) is 0 Å². The second-order valence-electron chi connectivity index (χ2n) is 1.68. The first-order chi connectivity index (χ1) is 3.35. The summed E-state index contributed by atoms with van der Waals surface area (Å²) in [5.41, 5.74) is 0. The lowest BCUT2D eigenvalue weighted by Crippen LogP contribution is -2.70. The van der Waals surface area contributed by atoms with Gasteiger partial charge in [-0.25, -0.2) is 0 Å². The van der Waals surface area contributed by atoms with Crippen molar-refractivity contribution >= 4 is 0 Å². The van der Waals surface area contributed by atoms with Crippen LogP contribution in [-0.4, -0.2) is 12.4 Å². The van der Waals surface area contributed by atoms with Crippen LogP contribution in [0.1, 0.15) is 13.3 Å². The Bertz CT molecular complexity index is 78.1. The quantitative estimate of drug-likeness (QED) is 0.480. The minimum Gasteiger partial charge on any atom is -0.272 e. The summed E-state index contributed by atoms with van der Waals surface area (Å²) >= 11 is 0. The highest BCUT2D eigenvalue weighted by Gasteiger charge is 2.62. The van der Waals surface area contributed by atoms with Gasteiger partial charge in [-0.05, 0) is 0 Å². The lowest BCUT2D eigenvalue weighted by atomic mass is 10.3. The lowest BCUT2D eigenvalue weighted by Gasteiger charge is -2.57. The van der Waals surface area contributed by atoms with E-state index in [0.29, 0.717) is 0 Å². The Morgan fingerprint density at radius 1 is 1.43 bits per heavy atom. The first kappa shape index (κ1) is 3.83. The highest BCUT2D eigenvalue weighted by atomic mass is 17.2. The molecule has 0 N–H and O–H groups in total. The molecule has 3 nitrogen and oxygen atoms in total. The number of ether oxygens (including phenoxy) is 3. The standard InChI is InChI=1S/C4H6O3/c1-2-4-5-3(6-4)7-4/h3H,2H2,1H3. The summed E-state index contributed by atoms with van der Waals surface area (Å²) in [5.74, 6) is -0.593. The van der Waals surface area contributed by atoms with Crippen LogP contribution in [-0.2, 0) is 14.2 Å². The zero-order valence-corrected chi connectivity index (χ0v) is 4.01. The van der Waals surface area contributed by atoms with Crippen LogP contribution < -0.4 is 0 Å². The average Bonchev–Trinajstić information content (AvgIpc) is 1.25. The molecule has 3 rings (SSSR count). The van der Waals surface area contributed by atoms with E-state index in [0.717, 1.165) is 6.42 Å². The van der Waals surface area contributed by atoms with Gasteiger partial charge in [-0.3, -0.25) is 14.2 Å². The lowest BCUT2D eigenvalue weighted by molar-refractivity contribution is -0.737. The monoisotopic (exact) mass is 102 g/mol. The normalized spacial score (nSPS) is 55.3. The third-order valence-corrected chi connectivity index (χ3v) is 1.26. The summed E-state index contributed by atoms with van der Waals surface area (Å²) < 4.78 is 14.8. The van der Waals surface area contributed by atoms with Gasteiger partial charge in [0.05, 0.1) is 0 Å². The molecule has 0 amide bonds. The molecule has 3 saturated heterocycles. The highest BCUT2D eigenvalue weighted by Crippen LogP contribution is 2.46. The van der Waals surface area contributed by atoms with Crippen molar-refractivity contribution in [3.63, 3.8) is 0 Å². The van der Waals surface area contributed by atoms with Crippen molar-refractivity contribution in [1.82, 2.24) is 0 Å². The number of rotatable bonds is 1. The summed E-state index contributed by atoms with van der Waals surface area (Å²) in [5, 5.41) is 0. The minimum atomic E-state index is -0.593. The molecule has 0 atom stereocenters. The zero-order valence-electron chi connectivity index (χ0n) is 4.01. The molecule has 0 aromatic rings. The van der Waals surface area contributed by atoms with Gasteiger partial charge in [0.25, 0.3) is 12.4 Å². The van der Waals surface area contributed by atoms with E-state index in [4.69, 9.17) is 14.2 Å². The minimum absolute atomic E-state index is 0.319. The Balaban J connectivity index is 2.03. The highest BCUT2D eigenvalue weighted by molar-refractivity contribution is 4.72. The van der Waals surface area contributed by atoms with Crippen LogP contribution in [0.3, 0.4) is 0 Å². The summed E-state index contributed by atoms with van der Waals surface area (Å²) in [7, 11) is 0. The smallest absolute Gasteiger partial charge is 0.272 e. The molecule has 3 heteroatoms. The Morgan fingerprint density at radius 2 is 2.00 bits per heavy atom. The van der Waals surface area contributed by atoms with E-state index in [1.165, 1.54) is 0 Å². The Labute approximate surface area is 41.2 Å². The molecular weight excluding hydrogens is 96.0 g/mol. The molecule has 0 saturated carbocycles. The van der Waals surface area contributed by atoms with Crippen molar-refractivity contribution in [3.05, 3.63) is 0 Å². The molecule has 3 aliphatic heterocycles. The van der Waals surface area contributed by atoms with Crippen molar-refractivity contribution in [3.8, 4) is 0 Å². The van der Waals surface area contributed by atoms with Gasteiger partial charge in [0, 0.05) is 6.42 Å². The van der Waals surface area contributed by atoms with Gasteiger partial charge in [-0.15, -0.1) is 0 Å². The molecule has 0 aliphatic carbocycles. The fourth-order valence-corrected chi connectivity index (χ4v) is 0.716. The predicted octanol–water partition coefficient (Wildman–Crippen LogP) is 0.411. The predicted molar refractivity (Wildman–Crippen MR) is 20.1 cm³/mol. The molecule has 3 heterocycles. The van der Waals surface area contributed by atoms with E-state index in [1.807, 2.05) is 6.92 Å². The molecule has 3 aliphatic rings. The van der Waals surface area contributed by atoms with Crippen molar-refractivity contribution in [2.45, 2.75) is 25.8 Å². The van der Waals surface area contributed by atoms with E-state index in [-0.39, 0.29) is 6.48 Å². The SMILES string of the molecule is CCC12OC(O1)O2. The molecule has 3 fully saturated rings. The Kier molecular flexibility index (Phi) is 0.462.